The molecule has 2 aromatic rings. The number of ether oxygens (including phenoxy) is 1. The third-order valence-corrected chi connectivity index (χ3v) is 4.24. The van der Waals surface area contributed by atoms with Crippen molar-refractivity contribution in [2.45, 2.75) is 25.8 Å². The van der Waals surface area contributed by atoms with E-state index in [-0.39, 0.29) is 31.9 Å². The maximum Gasteiger partial charge on any atom is 0.328 e. The number of amides is 3. The van der Waals surface area contributed by atoms with Crippen LogP contribution in [0.25, 0.3) is 11.1 Å². The molecule has 0 bridgehead atoms. The van der Waals surface area contributed by atoms with Crippen LogP contribution in [0.4, 0.5) is 0 Å². The van der Waals surface area contributed by atoms with E-state index < -0.39 is 23.8 Å². The van der Waals surface area contributed by atoms with Crippen LogP contribution < -0.4 is 16.4 Å². The number of hydrogen-bond donors (Lipinski definition) is 3. The summed E-state index contributed by atoms with van der Waals surface area (Å²) in [6.07, 6.45) is -0.0686. The summed E-state index contributed by atoms with van der Waals surface area (Å²) in [4.78, 5) is 46.8. The molecule has 30 heavy (non-hydrogen) atoms. The Hall–Kier alpha value is -3.68. The smallest absolute Gasteiger partial charge is 0.328 e. The molecule has 0 aromatic heterocycles. The first-order valence-corrected chi connectivity index (χ1v) is 9.52. The predicted octanol–water partition coefficient (Wildman–Crippen LogP) is 1.40. The van der Waals surface area contributed by atoms with Crippen molar-refractivity contribution in [2.75, 3.05) is 13.2 Å². The zero-order valence-corrected chi connectivity index (χ0v) is 16.7. The summed E-state index contributed by atoms with van der Waals surface area (Å²) >= 11 is 0. The lowest BCUT2D eigenvalue weighted by Gasteiger charge is -2.17. The predicted molar refractivity (Wildman–Crippen MR) is 111 cm³/mol. The number of primary amides is 1. The number of rotatable bonds is 10. The van der Waals surface area contributed by atoms with Gasteiger partial charge in [0.2, 0.25) is 11.8 Å². The van der Waals surface area contributed by atoms with Gasteiger partial charge in [-0.15, -0.1) is 0 Å². The van der Waals surface area contributed by atoms with Crippen LogP contribution in [0.1, 0.15) is 30.1 Å². The Morgan fingerprint density at radius 2 is 1.60 bits per heavy atom. The summed E-state index contributed by atoms with van der Waals surface area (Å²) in [5.41, 5.74) is 7.50. The van der Waals surface area contributed by atoms with Gasteiger partial charge in [0.05, 0.1) is 6.54 Å². The monoisotopic (exact) mass is 411 g/mol. The molecular weight excluding hydrogens is 386 g/mol. The average Bonchev–Trinajstić information content (AvgIpc) is 2.74. The number of hydrogen-bond acceptors (Lipinski definition) is 5. The highest BCUT2D eigenvalue weighted by Crippen LogP contribution is 2.19. The van der Waals surface area contributed by atoms with Gasteiger partial charge in [-0.1, -0.05) is 42.5 Å². The van der Waals surface area contributed by atoms with Crippen molar-refractivity contribution in [1.29, 1.82) is 0 Å². The van der Waals surface area contributed by atoms with E-state index in [1.165, 1.54) is 6.92 Å². The fourth-order valence-electron chi connectivity index (χ4n) is 2.70. The molecule has 0 heterocycles. The highest BCUT2D eigenvalue weighted by molar-refractivity contribution is 5.97. The molecule has 0 aliphatic carbocycles. The first-order chi connectivity index (χ1) is 14.4. The topological polar surface area (TPSA) is 128 Å². The molecule has 4 N–H and O–H groups in total. The van der Waals surface area contributed by atoms with Crippen molar-refractivity contribution in [2.24, 2.45) is 5.73 Å². The molecule has 1 atom stereocenters. The summed E-state index contributed by atoms with van der Waals surface area (Å²) in [6, 6.07) is 15.6. The van der Waals surface area contributed by atoms with Crippen LogP contribution in [0.5, 0.6) is 0 Å². The number of nitrogens with one attached hydrogen (secondary N) is 2. The number of nitrogens with two attached hydrogens (primary N) is 1. The standard InChI is InChI=1S/C22H25N3O5/c1-15(26)24-13-14-30-22(29)19(11-12-20(23)27)25-21(28)18-9-7-17(8-10-18)16-5-3-2-4-6-16/h2-10,19H,11-14H2,1H3,(H2,23,27)(H,24,26)(H,25,28)/t19-/m0/s1. The van der Waals surface area contributed by atoms with Crippen LogP contribution in [0, 0.1) is 0 Å². The van der Waals surface area contributed by atoms with E-state index in [2.05, 4.69) is 10.6 Å². The summed E-state index contributed by atoms with van der Waals surface area (Å²) < 4.78 is 5.08. The maximum absolute atomic E-state index is 12.6. The van der Waals surface area contributed by atoms with Gasteiger partial charge in [-0.25, -0.2) is 4.79 Å². The molecule has 8 heteroatoms. The summed E-state index contributed by atoms with van der Waals surface area (Å²) in [7, 11) is 0. The van der Waals surface area contributed by atoms with Crippen LogP contribution in [0.2, 0.25) is 0 Å². The minimum atomic E-state index is -1.03. The van der Waals surface area contributed by atoms with Gasteiger partial charge in [0.1, 0.15) is 12.6 Å². The quantitative estimate of drug-likeness (QED) is 0.402. The fourth-order valence-corrected chi connectivity index (χ4v) is 2.70. The molecule has 2 aromatic carbocycles. The molecular formula is C22H25N3O5. The number of carbonyl (C=O) groups excluding carboxylic acids is 4. The van der Waals surface area contributed by atoms with Gasteiger partial charge < -0.3 is 21.1 Å². The minimum absolute atomic E-state index is 0.0160. The van der Waals surface area contributed by atoms with Gasteiger partial charge in [0.25, 0.3) is 5.91 Å². The van der Waals surface area contributed by atoms with Gasteiger partial charge >= 0.3 is 5.97 Å². The van der Waals surface area contributed by atoms with E-state index in [1.54, 1.807) is 12.1 Å². The Labute approximate surface area is 174 Å². The summed E-state index contributed by atoms with van der Waals surface area (Å²) in [6.45, 7) is 1.45. The first kappa shape index (κ1) is 22.6. The van der Waals surface area contributed by atoms with Crippen molar-refractivity contribution in [3.05, 3.63) is 60.2 Å². The van der Waals surface area contributed by atoms with Crippen LogP contribution in [0.3, 0.4) is 0 Å². The van der Waals surface area contributed by atoms with E-state index >= 15 is 0 Å². The Morgan fingerprint density at radius 3 is 2.20 bits per heavy atom. The van der Waals surface area contributed by atoms with E-state index in [0.29, 0.717) is 5.56 Å². The van der Waals surface area contributed by atoms with Crippen LogP contribution in [-0.2, 0) is 19.1 Å². The normalized spacial score (nSPS) is 11.2. The van der Waals surface area contributed by atoms with Crippen LogP contribution >= 0.6 is 0 Å². The third-order valence-electron chi connectivity index (χ3n) is 4.24. The SMILES string of the molecule is CC(=O)NCCOC(=O)[C@H](CCC(N)=O)NC(=O)c1ccc(-c2ccccc2)cc1. The number of carbonyl (C=O) groups is 4. The van der Waals surface area contributed by atoms with Gasteiger partial charge in [0.15, 0.2) is 0 Å². The maximum atomic E-state index is 12.6. The molecule has 0 radical (unpaired) electrons. The third kappa shape index (κ3) is 7.38. The van der Waals surface area contributed by atoms with Crippen molar-refractivity contribution in [3.63, 3.8) is 0 Å². The zero-order valence-electron chi connectivity index (χ0n) is 16.7. The van der Waals surface area contributed by atoms with E-state index in [1.807, 2.05) is 42.5 Å². The first-order valence-electron chi connectivity index (χ1n) is 9.52. The Balaban J connectivity index is 2.00. The summed E-state index contributed by atoms with van der Waals surface area (Å²) in [5, 5.41) is 5.09. The highest BCUT2D eigenvalue weighted by Gasteiger charge is 2.23. The number of benzene rings is 2. The van der Waals surface area contributed by atoms with Crippen LogP contribution in [0.15, 0.2) is 54.6 Å². The largest absolute Gasteiger partial charge is 0.462 e. The molecule has 8 nitrogen and oxygen atoms in total. The minimum Gasteiger partial charge on any atom is -0.462 e. The van der Waals surface area contributed by atoms with Crippen molar-refractivity contribution in [3.8, 4) is 11.1 Å². The molecule has 0 fully saturated rings. The number of esters is 1. The lowest BCUT2D eigenvalue weighted by atomic mass is 10.0. The lowest BCUT2D eigenvalue weighted by Crippen LogP contribution is -2.43. The summed E-state index contributed by atoms with van der Waals surface area (Å²) in [5.74, 6) is -2.00. The second-order valence-corrected chi connectivity index (χ2v) is 6.62. The van der Waals surface area contributed by atoms with E-state index in [0.717, 1.165) is 11.1 Å². The van der Waals surface area contributed by atoms with Gasteiger partial charge in [-0.3, -0.25) is 14.4 Å². The van der Waals surface area contributed by atoms with E-state index in [9.17, 15) is 19.2 Å². The second-order valence-electron chi connectivity index (χ2n) is 6.62. The Bertz CT molecular complexity index is 881. The molecule has 0 spiro atoms. The molecule has 0 aliphatic rings. The molecule has 0 unspecified atom stereocenters. The lowest BCUT2D eigenvalue weighted by molar-refractivity contribution is -0.146. The molecule has 0 saturated heterocycles. The highest BCUT2D eigenvalue weighted by atomic mass is 16.5. The molecule has 0 aliphatic heterocycles. The average molecular weight is 411 g/mol. The van der Waals surface area contributed by atoms with Gasteiger partial charge in [-0.05, 0) is 29.7 Å². The fraction of sp³-hybridized carbons (Fsp3) is 0.273. The van der Waals surface area contributed by atoms with E-state index in [4.69, 9.17) is 10.5 Å². The molecule has 0 saturated carbocycles. The van der Waals surface area contributed by atoms with Crippen LogP contribution in [-0.4, -0.2) is 42.9 Å². The van der Waals surface area contributed by atoms with Gasteiger partial charge in [0, 0.05) is 18.9 Å². The van der Waals surface area contributed by atoms with Gasteiger partial charge in [-0.2, -0.15) is 0 Å². The molecule has 158 valence electrons. The zero-order chi connectivity index (χ0) is 21.9. The van der Waals surface area contributed by atoms with Crippen molar-refractivity contribution >= 4 is 23.7 Å². The van der Waals surface area contributed by atoms with Crippen molar-refractivity contribution < 1.29 is 23.9 Å². The molecule has 3 amide bonds. The second kappa shape index (κ2) is 11.4. The van der Waals surface area contributed by atoms with Crippen molar-refractivity contribution in [1.82, 2.24) is 10.6 Å². The Morgan fingerprint density at radius 1 is 0.967 bits per heavy atom. The molecule has 2 rings (SSSR count). The Kier molecular flexibility index (Phi) is 8.56.